The molecule has 0 amide bonds. The Morgan fingerprint density at radius 2 is 0.926 bits per heavy atom. The molecule has 0 aliphatic heterocycles. The van der Waals surface area contributed by atoms with Gasteiger partial charge in [-0.2, -0.15) is 0 Å². The van der Waals surface area contributed by atoms with E-state index in [1.165, 1.54) is 24.3 Å². The average Bonchev–Trinajstić information content (AvgIpc) is 2.54. The van der Waals surface area contributed by atoms with Gasteiger partial charge in [0.25, 0.3) is 20.8 Å². The Hall–Kier alpha value is -1.77. The Labute approximate surface area is 173 Å². The molecule has 2 aromatic rings. The smallest absolute Gasteiger partial charge is 0.716 e. The van der Waals surface area contributed by atoms with Gasteiger partial charge in [0.2, 0.25) is 0 Å². The quantitative estimate of drug-likeness (QED) is 0.382. The molecule has 0 heterocycles. The summed E-state index contributed by atoms with van der Waals surface area (Å²) < 4.78 is 69.2. The van der Waals surface area contributed by atoms with E-state index in [0.29, 0.717) is 0 Å². The second-order valence-corrected chi connectivity index (χ2v) is 6.50. The maximum atomic E-state index is 10.2. The van der Waals surface area contributed by atoms with Gasteiger partial charge in [0, 0.05) is 25.5 Å². The van der Waals surface area contributed by atoms with Crippen LogP contribution in [0, 0.1) is 0 Å². The molecule has 0 spiro atoms. The Kier molecular flexibility index (Phi) is 10.4. The first-order valence-corrected chi connectivity index (χ1v) is 9.55. The van der Waals surface area contributed by atoms with Crippen molar-refractivity contribution in [3.05, 3.63) is 48.5 Å². The van der Waals surface area contributed by atoms with Crippen molar-refractivity contribution < 1.29 is 34.3 Å². The molecule has 27 heavy (non-hydrogen) atoms. The Morgan fingerprint density at radius 1 is 0.667 bits per heavy atom. The standard InChI is InChI=1S/2C7H9NO4S.Mg/c2*1-8-6-2-4-7(5-3-6)12-13(9,10)11;/h2*2-5,8H,1H3,(H,9,10,11);/q;;+2/p-2. The first kappa shape index (κ1) is 25.2. The van der Waals surface area contributed by atoms with Crippen molar-refractivity contribution in [1.82, 2.24) is 0 Å². The summed E-state index contributed by atoms with van der Waals surface area (Å²) in [7, 11) is -5.89. The van der Waals surface area contributed by atoms with Crippen LogP contribution in [0.3, 0.4) is 0 Å². The molecule has 10 nitrogen and oxygen atoms in total. The molecular formula is C14H16MgN2O8S2. The Balaban J connectivity index is 0.000000483. The Bertz CT molecular complexity index is 824. The third-order valence-electron chi connectivity index (χ3n) is 2.68. The van der Waals surface area contributed by atoms with Crippen molar-refractivity contribution in [2.24, 2.45) is 0 Å². The largest absolute Gasteiger partial charge is 2.00 e. The van der Waals surface area contributed by atoms with Crippen LogP contribution in [0.25, 0.3) is 0 Å². The van der Waals surface area contributed by atoms with Gasteiger partial charge in [0.1, 0.15) is 11.5 Å². The van der Waals surface area contributed by atoms with E-state index in [-0.39, 0.29) is 34.6 Å². The predicted octanol–water partition coefficient (Wildman–Crippen LogP) is 0.754. The van der Waals surface area contributed by atoms with Crippen LogP contribution in [0.1, 0.15) is 0 Å². The minimum Gasteiger partial charge on any atom is -0.716 e. The molecule has 2 rings (SSSR count). The second kappa shape index (κ2) is 11.2. The van der Waals surface area contributed by atoms with Crippen LogP contribution in [0.4, 0.5) is 11.4 Å². The van der Waals surface area contributed by atoms with E-state index < -0.39 is 20.8 Å². The summed E-state index contributed by atoms with van der Waals surface area (Å²) in [5, 5.41) is 5.67. The minimum atomic E-state index is -4.67. The number of benzene rings is 2. The maximum absolute atomic E-state index is 10.2. The second-order valence-electron chi connectivity index (χ2n) is 4.53. The van der Waals surface area contributed by atoms with Crippen molar-refractivity contribution >= 4 is 55.2 Å². The summed E-state index contributed by atoms with van der Waals surface area (Å²) in [4.78, 5) is 0. The van der Waals surface area contributed by atoms with Gasteiger partial charge in [-0.3, -0.25) is 0 Å². The molecule has 2 N–H and O–H groups in total. The van der Waals surface area contributed by atoms with Gasteiger partial charge in [-0.05, 0) is 48.5 Å². The summed E-state index contributed by atoms with van der Waals surface area (Å²) in [5.41, 5.74) is 1.60. The van der Waals surface area contributed by atoms with E-state index in [4.69, 9.17) is 0 Å². The van der Waals surface area contributed by atoms with Crippen LogP contribution >= 0.6 is 0 Å². The fraction of sp³-hybridized carbons (Fsp3) is 0.143. The molecule has 0 unspecified atom stereocenters. The molecule has 0 aromatic heterocycles. The molecule has 0 saturated carbocycles. The van der Waals surface area contributed by atoms with E-state index in [0.717, 1.165) is 11.4 Å². The zero-order chi connectivity index (χ0) is 19.8. The number of hydrogen-bond acceptors (Lipinski definition) is 10. The molecule has 144 valence electrons. The van der Waals surface area contributed by atoms with E-state index in [1.54, 1.807) is 38.4 Å². The van der Waals surface area contributed by atoms with Crippen LogP contribution in [0.15, 0.2) is 48.5 Å². The summed E-state index contributed by atoms with van der Waals surface area (Å²) in [6.45, 7) is 0. The zero-order valence-corrected chi connectivity index (χ0v) is 17.5. The van der Waals surface area contributed by atoms with E-state index in [1.807, 2.05) is 0 Å². The predicted molar refractivity (Wildman–Crippen MR) is 98.4 cm³/mol. The van der Waals surface area contributed by atoms with E-state index >= 15 is 0 Å². The third-order valence-corrected chi connectivity index (χ3v) is 3.48. The monoisotopic (exact) mass is 428 g/mol. The van der Waals surface area contributed by atoms with Crippen LogP contribution < -0.4 is 19.0 Å². The molecule has 0 aliphatic rings. The number of anilines is 2. The average molecular weight is 429 g/mol. The van der Waals surface area contributed by atoms with Gasteiger partial charge in [0.15, 0.2) is 0 Å². The van der Waals surface area contributed by atoms with Crippen molar-refractivity contribution in [3.63, 3.8) is 0 Å². The van der Waals surface area contributed by atoms with E-state index in [2.05, 4.69) is 19.0 Å². The van der Waals surface area contributed by atoms with Gasteiger partial charge >= 0.3 is 23.1 Å². The molecule has 0 saturated heterocycles. The molecular weight excluding hydrogens is 413 g/mol. The van der Waals surface area contributed by atoms with E-state index in [9.17, 15) is 25.9 Å². The number of nitrogens with one attached hydrogen (secondary N) is 2. The SMILES string of the molecule is CNc1ccc(OS(=O)(=O)[O-])cc1.CNc1ccc(OS(=O)(=O)[O-])cc1.[Mg+2]. The van der Waals surface area contributed by atoms with Gasteiger partial charge < -0.3 is 28.1 Å². The molecule has 0 atom stereocenters. The van der Waals surface area contributed by atoms with Crippen LogP contribution in [0.2, 0.25) is 0 Å². The first-order valence-electron chi connectivity index (χ1n) is 6.88. The summed E-state index contributed by atoms with van der Waals surface area (Å²) >= 11 is 0. The zero-order valence-electron chi connectivity index (χ0n) is 14.4. The molecule has 0 radical (unpaired) electrons. The van der Waals surface area contributed by atoms with Crippen molar-refractivity contribution in [2.75, 3.05) is 24.7 Å². The summed E-state index contributed by atoms with van der Waals surface area (Å²) in [5.74, 6) is 0.0167. The van der Waals surface area contributed by atoms with Crippen molar-refractivity contribution in [2.45, 2.75) is 0 Å². The summed E-state index contributed by atoms with van der Waals surface area (Å²) in [6.07, 6.45) is 0. The topological polar surface area (TPSA) is 157 Å². The summed E-state index contributed by atoms with van der Waals surface area (Å²) in [6, 6.07) is 12.0. The number of rotatable bonds is 6. The van der Waals surface area contributed by atoms with Crippen LogP contribution in [-0.2, 0) is 20.8 Å². The normalized spacial score (nSPS) is 10.5. The third kappa shape index (κ3) is 11.5. The number of hydrogen-bond donors (Lipinski definition) is 2. The maximum Gasteiger partial charge on any atom is 2.00 e. The molecule has 0 bridgehead atoms. The molecule has 2 aromatic carbocycles. The minimum absolute atomic E-state index is 0. The Morgan fingerprint density at radius 3 is 1.11 bits per heavy atom. The van der Waals surface area contributed by atoms with Crippen LogP contribution in [-0.4, -0.2) is 63.1 Å². The first-order chi connectivity index (χ1) is 12.0. The van der Waals surface area contributed by atoms with Gasteiger partial charge in [-0.1, -0.05) is 0 Å². The van der Waals surface area contributed by atoms with Gasteiger partial charge in [-0.25, -0.2) is 16.8 Å². The van der Waals surface area contributed by atoms with Gasteiger partial charge in [-0.15, -0.1) is 0 Å². The van der Waals surface area contributed by atoms with Crippen molar-refractivity contribution in [3.8, 4) is 11.5 Å². The van der Waals surface area contributed by atoms with Crippen molar-refractivity contribution in [1.29, 1.82) is 0 Å². The fourth-order valence-corrected chi connectivity index (χ4v) is 2.28. The molecule has 13 heteroatoms. The van der Waals surface area contributed by atoms with Gasteiger partial charge in [0.05, 0.1) is 0 Å². The molecule has 0 aliphatic carbocycles. The molecule has 0 fully saturated rings. The fourth-order valence-electron chi connectivity index (χ4n) is 1.59. The van der Waals surface area contributed by atoms with Crippen LogP contribution in [0.5, 0.6) is 11.5 Å².